The molecule has 3 aromatic rings. The molecule has 8 nitrogen and oxygen atoms in total. The predicted octanol–water partition coefficient (Wildman–Crippen LogP) is 1.98. The molecule has 0 saturated carbocycles. The molecule has 26 heavy (non-hydrogen) atoms. The third-order valence-electron chi connectivity index (χ3n) is 5.02. The van der Waals surface area contributed by atoms with Crippen molar-refractivity contribution in [2.75, 3.05) is 18.4 Å². The Hall–Kier alpha value is -2.90. The quantitative estimate of drug-likeness (QED) is 0.771. The molecule has 136 valence electrons. The number of nitrogens with one attached hydrogen (secondary N) is 1. The molecule has 4 rings (SSSR count). The van der Waals surface area contributed by atoms with Gasteiger partial charge in [-0.1, -0.05) is 5.16 Å². The Kier molecular flexibility index (Phi) is 4.32. The predicted molar refractivity (Wildman–Crippen MR) is 95.9 cm³/mol. The van der Waals surface area contributed by atoms with Crippen molar-refractivity contribution in [1.82, 2.24) is 24.7 Å². The van der Waals surface area contributed by atoms with Crippen LogP contribution in [0.4, 0.5) is 5.69 Å². The van der Waals surface area contributed by atoms with Gasteiger partial charge in [0.25, 0.3) is 0 Å². The van der Waals surface area contributed by atoms with E-state index in [2.05, 4.69) is 20.6 Å². The van der Waals surface area contributed by atoms with Crippen molar-refractivity contribution < 1.29 is 9.32 Å². The van der Waals surface area contributed by atoms with Crippen LogP contribution in [0.2, 0.25) is 0 Å². The minimum Gasteiger partial charge on any atom is -0.379 e. The second kappa shape index (κ2) is 6.78. The minimum atomic E-state index is 0.136. The summed E-state index contributed by atoms with van der Waals surface area (Å²) in [5, 5.41) is 11.6. The maximum atomic E-state index is 12.6. The summed E-state index contributed by atoms with van der Waals surface area (Å²) in [6.07, 6.45) is 5.60. The molecule has 1 amide bonds. The monoisotopic (exact) mass is 354 g/mol. The summed E-state index contributed by atoms with van der Waals surface area (Å²) in [4.78, 5) is 18.8. The number of carbonyl (C=O) groups excluding carboxylic acids is 1. The molecule has 1 N–H and O–H groups in total. The highest BCUT2D eigenvalue weighted by molar-refractivity contribution is 5.79. The molecular weight excluding hydrogens is 332 g/mol. The third kappa shape index (κ3) is 3.14. The molecular formula is C18H22N6O2. The van der Waals surface area contributed by atoms with Crippen LogP contribution >= 0.6 is 0 Å². The lowest BCUT2D eigenvalue weighted by Gasteiger charge is -2.33. The average Bonchev–Trinajstić information content (AvgIpc) is 3.25. The van der Waals surface area contributed by atoms with Gasteiger partial charge in [0.15, 0.2) is 5.65 Å². The Bertz CT molecular complexity index is 903. The Balaban J connectivity index is 1.35. The van der Waals surface area contributed by atoms with E-state index in [4.69, 9.17) is 4.52 Å². The summed E-state index contributed by atoms with van der Waals surface area (Å²) in [5.41, 5.74) is 3.51. The molecule has 0 unspecified atom stereocenters. The van der Waals surface area contributed by atoms with Crippen LogP contribution in [-0.2, 0) is 11.2 Å². The molecule has 1 fully saturated rings. The third-order valence-corrected chi connectivity index (χ3v) is 5.02. The first-order valence-corrected chi connectivity index (χ1v) is 8.86. The largest absolute Gasteiger partial charge is 0.379 e. The van der Waals surface area contributed by atoms with E-state index in [0.29, 0.717) is 12.5 Å². The topological polar surface area (TPSA) is 88.6 Å². The number of pyridine rings is 1. The number of piperidine rings is 1. The van der Waals surface area contributed by atoms with E-state index in [-0.39, 0.29) is 5.91 Å². The molecule has 8 heteroatoms. The van der Waals surface area contributed by atoms with Crippen molar-refractivity contribution in [3.8, 4) is 0 Å². The van der Waals surface area contributed by atoms with Crippen LogP contribution in [-0.4, -0.2) is 49.7 Å². The van der Waals surface area contributed by atoms with Gasteiger partial charge in [-0.05, 0) is 38.8 Å². The molecule has 0 aromatic carbocycles. The number of hydrogen-bond acceptors (Lipinski definition) is 6. The fraction of sp³-hybridized carbons (Fsp3) is 0.444. The number of amides is 1. The highest BCUT2D eigenvalue weighted by Crippen LogP contribution is 2.21. The van der Waals surface area contributed by atoms with E-state index in [1.165, 1.54) is 0 Å². The molecule has 1 aliphatic rings. The summed E-state index contributed by atoms with van der Waals surface area (Å²) >= 11 is 0. The SMILES string of the molecule is Cc1noc(C)c1CC(=O)N1CCC(Nc2cccn3ncnc23)CC1. The zero-order chi connectivity index (χ0) is 18.1. The number of rotatable bonds is 4. The number of nitrogens with zero attached hydrogens (tertiary/aromatic N) is 5. The van der Waals surface area contributed by atoms with Crippen LogP contribution < -0.4 is 5.32 Å². The number of aryl methyl sites for hydroxylation is 2. The van der Waals surface area contributed by atoms with Gasteiger partial charge in [0, 0.05) is 30.9 Å². The molecule has 4 heterocycles. The van der Waals surface area contributed by atoms with Crippen LogP contribution in [0.1, 0.15) is 29.9 Å². The Morgan fingerprint density at radius 3 is 2.88 bits per heavy atom. The van der Waals surface area contributed by atoms with Crippen LogP contribution in [0, 0.1) is 13.8 Å². The number of likely N-dealkylation sites (tertiary alicyclic amines) is 1. The van der Waals surface area contributed by atoms with Gasteiger partial charge in [-0.3, -0.25) is 4.79 Å². The molecule has 1 aliphatic heterocycles. The van der Waals surface area contributed by atoms with Crippen molar-refractivity contribution in [2.24, 2.45) is 0 Å². The van der Waals surface area contributed by atoms with Gasteiger partial charge >= 0.3 is 0 Å². The second-order valence-corrected chi connectivity index (χ2v) is 6.73. The van der Waals surface area contributed by atoms with Gasteiger partial charge in [0.05, 0.1) is 17.8 Å². The normalized spacial score (nSPS) is 15.5. The van der Waals surface area contributed by atoms with E-state index in [9.17, 15) is 4.79 Å². The van der Waals surface area contributed by atoms with Crippen LogP contribution in [0.15, 0.2) is 29.2 Å². The molecule has 0 bridgehead atoms. The standard InChI is InChI=1S/C18H22N6O2/c1-12-15(13(2)26-22-12)10-17(25)23-8-5-14(6-9-23)21-16-4-3-7-24-18(16)19-11-20-24/h3-4,7,11,14,21H,5-6,8-10H2,1-2H3. The highest BCUT2D eigenvalue weighted by Gasteiger charge is 2.25. The van der Waals surface area contributed by atoms with E-state index in [0.717, 1.165) is 54.3 Å². The molecule has 0 atom stereocenters. The first-order chi connectivity index (χ1) is 12.6. The lowest BCUT2D eigenvalue weighted by molar-refractivity contribution is -0.131. The zero-order valence-corrected chi connectivity index (χ0v) is 15.0. The van der Waals surface area contributed by atoms with Crippen molar-refractivity contribution in [3.63, 3.8) is 0 Å². The Morgan fingerprint density at radius 1 is 1.35 bits per heavy atom. The smallest absolute Gasteiger partial charge is 0.227 e. The maximum Gasteiger partial charge on any atom is 0.227 e. The molecule has 1 saturated heterocycles. The Morgan fingerprint density at radius 2 is 2.15 bits per heavy atom. The van der Waals surface area contributed by atoms with Gasteiger partial charge in [-0.15, -0.1) is 0 Å². The van der Waals surface area contributed by atoms with Crippen LogP contribution in [0.25, 0.3) is 5.65 Å². The molecule has 3 aromatic heterocycles. The fourth-order valence-electron chi connectivity index (χ4n) is 3.47. The zero-order valence-electron chi connectivity index (χ0n) is 15.0. The van der Waals surface area contributed by atoms with Crippen molar-refractivity contribution in [3.05, 3.63) is 41.7 Å². The summed E-state index contributed by atoms with van der Waals surface area (Å²) in [5.74, 6) is 0.867. The average molecular weight is 354 g/mol. The van der Waals surface area contributed by atoms with Gasteiger partial charge in [-0.2, -0.15) is 5.10 Å². The van der Waals surface area contributed by atoms with Crippen molar-refractivity contribution in [1.29, 1.82) is 0 Å². The van der Waals surface area contributed by atoms with Gasteiger partial charge in [-0.25, -0.2) is 9.50 Å². The van der Waals surface area contributed by atoms with E-state index < -0.39 is 0 Å². The van der Waals surface area contributed by atoms with Crippen LogP contribution in [0.3, 0.4) is 0 Å². The van der Waals surface area contributed by atoms with Gasteiger partial charge in [0.2, 0.25) is 5.91 Å². The molecule has 0 spiro atoms. The highest BCUT2D eigenvalue weighted by atomic mass is 16.5. The minimum absolute atomic E-state index is 0.136. The maximum absolute atomic E-state index is 12.6. The number of hydrogen-bond donors (Lipinski definition) is 1. The lowest BCUT2D eigenvalue weighted by Crippen LogP contribution is -2.43. The molecule has 0 aliphatic carbocycles. The summed E-state index contributed by atoms with van der Waals surface area (Å²) < 4.78 is 6.91. The number of anilines is 1. The number of carbonyl (C=O) groups is 1. The van der Waals surface area contributed by atoms with E-state index in [1.807, 2.05) is 37.1 Å². The van der Waals surface area contributed by atoms with Crippen LogP contribution in [0.5, 0.6) is 0 Å². The lowest BCUT2D eigenvalue weighted by atomic mass is 10.0. The fourth-order valence-corrected chi connectivity index (χ4v) is 3.47. The second-order valence-electron chi connectivity index (χ2n) is 6.73. The Labute approximate surface area is 151 Å². The summed E-state index contributed by atoms with van der Waals surface area (Å²) in [6, 6.07) is 4.28. The summed E-state index contributed by atoms with van der Waals surface area (Å²) in [7, 11) is 0. The number of aromatic nitrogens is 4. The number of fused-ring (bicyclic) bond motifs is 1. The first-order valence-electron chi connectivity index (χ1n) is 8.86. The molecule has 0 radical (unpaired) electrons. The van der Waals surface area contributed by atoms with Gasteiger partial charge in [0.1, 0.15) is 12.1 Å². The van der Waals surface area contributed by atoms with E-state index in [1.54, 1.807) is 10.8 Å². The first kappa shape index (κ1) is 16.6. The van der Waals surface area contributed by atoms with E-state index >= 15 is 0 Å². The summed E-state index contributed by atoms with van der Waals surface area (Å²) in [6.45, 7) is 5.22. The van der Waals surface area contributed by atoms with Crippen molar-refractivity contribution >= 4 is 17.2 Å². The van der Waals surface area contributed by atoms with Gasteiger partial charge < -0.3 is 14.7 Å². The van der Waals surface area contributed by atoms with Crippen molar-refractivity contribution in [2.45, 2.75) is 39.2 Å².